The third kappa shape index (κ3) is 5.88. The number of rotatable bonds is 9. The summed E-state index contributed by atoms with van der Waals surface area (Å²) in [6.45, 7) is 5.79. The minimum atomic E-state index is 0.652. The van der Waals surface area contributed by atoms with Gasteiger partial charge in [-0.05, 0) is 75.7 Å². The van der Waals surface area contributed by atoms with Crippen LogP contribution in [-0.4, -0.2) is 55.1 Å². The molecule has 1 aromatic carbocycles. The van der Waals surface area contributed by atoms with Gasteiger partial charge in [0.25, 0.3) is 0 Å². The first-order valence-electron chi connectivity index (χ1n) is 10.0. The van der Waals surface area contributed by atoms with Gasteiger partial charge in [-0.3, -0.25) is 0 Å². The molecule has 1 aromatic heterocycles. The van der Waals surface area contributed by atoms with E-state index in [1.807, 2.05) is 19.0 Å². The lowest BCUT2D eigenvalue weighted by Crippen LogP contribution is -2.36. The van der Waals surface area contributed by atoms with Crippen LogP contribution in [0.3, 0.4) is 0 Å². The maximum atomic E-state index is 5.93. The van der Waals surface area contributed by atoms with E-state index < -0.39 is 0 Å². The smallest absolute Gasteiger partial charge is 0.324 e. The van der Waals surface area contributed by atoms with Gasteiger partial charge in [0.1, 0.15) is 5.75 Å². The van der Waals surface area contributed by atoms with Crippen molar-refractivity contribution in [3.8, 4) is 5.75 Å². The molecule has 28 heavy (non-hydrogen) atoms. The first-order chi connectivity index (χ1) is 13.5. The summed E-state index contributed by atoms with van der Waals surface area (Å²) in [6, 6.07) is 9.01. The molecule has 0 amide bonds. The molecule has 1 fully saturated rings. The van der Waals surface area contributed by atoms with Crippen molar-refractivity contribution in [1.29, 1.82) is 0 Å². The van der Waals surface area contributed by atoms with Crippen molar-refractivity contribution >= 4 is 17.8 Å². The van der Waals surface area contributed by atoms with Gasteiger partial charge in [-0.2, -0.15) is 4.98 Å². The van der Waals surface area contributed by atoms with E-state index in [2.05, 4.69) is 52.5 Å². The Labute approximate surface area is 172 Å². The van der Waals surface area contributed by atoms with Gasteiger partial charge < -0.3 is 19.1 Å². The maximum Gasteiger partial charge on any atom is 0.324 e. The standard InChI is InChI=1S/C21H32N4O2S/c1-16(11-14-26-18-5-7-19(28-4)8-6-18)17-9-12-25(13-10-17)21-22-20(23-27-21)15-24(2)3/h5-8,16-17H,9-15H2,1-4H3. The topological polar surface area (TPSA) is 54.6 Å². The van der Waals surface area contributed by atoms with Crippen LogP contribution in [0.4, 0.5) is 6.01 Å². The lowest BCUT2D eigenvalue weighted by molar-refractivity contribution is 0.220. The highest BCUT2D eigenvalue weighted by Crippen LogP contribution is 2.29. The van der Waals surface area contributed by atoms with E-state index in [4.69, 9.17) is 9.26 Å². The summed E-state index contributed by atoms with van der Waals surface area (Å²) in [5.41, 5.74) is 0. The van der Waals surface area contributed by atoms with Gasteiger partial charge in [0.15, 0.2) is 5.82 Å². The van der Waals surface area contributed by atoms with Crippen LogP contribution in [0, 0.1) is 11.8 Å². The second kappa shape index (κ2) is 10.2. The molecule has 1 unspecified atom stereocenters. The summed E-state index contributed by atoms with van der Waals surface area (Å²) in [4.78, 5) is 10.1. The van der Waals surface area contributed by atoms with Crippen molar-refractivity contribution in [2.45, 2.75) is 37.6 Å². The van der Waals surface area contributed by atoms with E-state index in [-0.39, 0.29) is 0 Å². The molecule has 2 aromatic rings. The molecule has 1 saturated heterocycles. The van der Waals surface area contributed by atoms with Gasteiger partial charge in [-0.15, -0.1) is 11.8 Å². The largest absolute Gasteiger partial charge is 0.494 e. The Morgan fingerprint density at radius 1 is 1.25 bits per heavy atom. The highest BCUT2D eigenvalue weighted by molar-refractivity contribution is 7.98. The molecule has 1 atom stereocenters. The van der Waals surface area contributed by atoms with Crippen molar-refractivity contribution in [2.24, 2.45) is 11.8 Å². The van der Waals surface area contributed by atoms with E-state index in [1.165, 1.54) is 4.90 Å². The highest BCUT2D eigenvalue weighted by atomic mass is 32.2. The number of thioether (sulfide) groups is 1. The Morgan fingerprint density at radius 3 is 2.61 bits per heavy atom. The predicted octanol–water partition coefficient (Wildman–Crippen LogP) is 4.17. The molecule has 154 valence electrons. The number of aromatic nitrogens is 2. The van der Waals surface area contributed by atoms with Gasteiger partial charge in [0.05, 0.1) is 13.2 Å². The van der Waals surface area contributed by atoms with Crippen LogP contribution in [0.1, 0.15) is 32.0 Å². The average Bonchev–Trinajstić information content (AvgIpc) is 3.16. The number of ether oxygens (including phenoxy) is 1. The number of benzene rings is 1. The Hall–Kier alpha value is -1.73. The van der Waals surface area contributed by atoms with Crippen LogP contribution in [0.5, 0.6) is 5.75 Å². The van der Waals surface area contributed by atoms with Crippen LogP contribution >= 0.6 is 11.8 Å². The molecule has 0 saturated carbocycles. The van der Waals surface area contributed by atoms with E-state index >= 15 is 0 Å². The quantitative estimate of drug-likeness (QED) is 0.581. The van der Waals surface area contributed by atoms with Crippen LogP contribution in [0.2, 0.25) is 0 Å². The minimum Gasteiger partial charge on any atom is -0.494 e. The number of piperidine rings is 1. The normalized spacial score (nSPS) is 16.5. The fraction of sp³-hybridized carbons (Fsp3) is 0.619. The molecule has 1 aliphatic heterocycles. The average molecular weight is 405 g/mol. The second-order valence-electron chi connectivity index (χ2n) is 7.85. The Morgan fingerprint density at radius 2 is 1.96 bits per heavy atom. The number of anilines is 1. The molecule has 0 bridgehead atoms. The maximum absolute atomic E-state index is 5.93. The zero-order valence-corrected chi connectivity index (χ0v) is 18.2. The third-order valence-corrected chi connectivity index (χ3v) is 6.17. The molecule has 0 spiro atoms. The third-order valence-electron chi connectivity index (χ3n) is 5.43. The lowest BCUT2D eigenvalue weighted by Gasteiger charge is -2.33. The molecule has 0 aliphatic carbocycles. The first-order valence-corrected chi connectivity index (χ1v) is 11.3. The Bertz CT molecular complexity index is 711. The van der Waals surface area contributed by atoms with E-state index in [0.29, 0.717) is 18.5 Å². The summed E-state index contributed by atoms with van der Waals surface area (Å²) in [7, 11) is 4.01. The van der Waals surface area contributed by atoms with E-state index in [0.717, 1.165) is 56.5 Å². The summed E-state index contributed by atoms with van der Waals surface area (Å²) in [6.07, 6.45) is 5.50. The fourth-order valence-electron chi connectivity index (χ4n) is 3.65. The first kappa shape index (κ1) is 21.0. The summed E-state index contributed by atoms with van der Waals surface area (Å²) < 4.78 is 11.4. The second-order valence-corrected chi connectivity index (χ2v) is 8.73. The van der Waals surface area contributed by atoms with Gasteiger partial charge in [0, 0.05) is 18.0 Å². The molecule has 1 aliphatic rings. The molecular weight excluding hydrogens is 372 g/mol. The molecule has 0 radical (unpaired) electrons. The van der Waals surface area contributed by atoms with Gasteiger partial charge >= 0.3 is 6.01 Å². The van der Waals surface area contributed by atoms with Crippen LogP contribution in [0.25, 0.3) is 0 Å². The number of hydrogen-bond acceptors (Lipinski definition) is 7. The zero-order chi connectivity index (χ0) is 19.9. The molecule has 2 heterocycles. The minimum absolute atomic E-state index is 0.652. The predicted molar refractivity (Wildman–Crippen MR) is 114 cm³/mol. The number of nitrogens with zero attached hydrogens (tertiary/aromatic N) is 4. The van der Waals surface area contributed by atoms with Crippen LogP contribution in [0.15, 0.2) is 33.7 Å². The van der Waals surface area contributed by atoms with Crippen molar-refractivity contribution < 1.29 is 9.26 Å². The summed E-state index contributed by atoms with van der Waals surface area (Å²) >= 11 is 1.75. The molecule has 7 heteroatoms. The summed E-state index contributed by atoms with van der Waals surface area (Å²) in [5, 5.41) is 4.08. The van der Waals surface area contributed by atoms with Gasteiger partial charge in [0.2, 0.25) is 0 Å². The van der Waals surface area contributed by atoms with Gasteiger partial charge in [-0.1, -0.05) is 12.1 Å². The molecular formula is C21H32N4O2S. The summed E-state index contributed by atoms with van der Waals surface area (Å²) in [5.74, 6) is 3.09. The van der Waals surface area contributed by atoms with Crippen molar-refractivity contribution in [3.63, 3.8) is 0 Å². The van der Waals surface area contributed by atoms with Gasteiger partial charge in [-0.25, -0.2) is 0 Å². The fourth-order valence-corrected chi connectivity index (χ4v) is 4.06. The highest BCUT2D eigenvalue weighted by Gasteiger charge is 2.26. The Balaban J connectivity index is 1.39. The van der Waals surface area contributed by atoms with Crippen molar-refractivity contribution in [3.05, 3.63) is 30.1 Å². The van der Waals surface area contributed by atoms with Crippen molar-refractivity contribution in [2.75, 3.05) is 44.9 Å². The molecule has 3 rings (SSSR count). The van der Waals surface area contributed by atoms with Crippen LogP contribution in [-0.2, 0) is 6.54 Å². The van der Waals surface area contributed by atoms with Crippen molar-refractivity contribution in [1.82, 2.24) is 15.0 Å². The number of hydrogen-bond donors (Lipinski definition) is 0. The van der Waals surface area contributed by atoms with Crippen LogP contribution < -0.4 is 9.64 Å². The SMILES string of the molecule is CSc1ccc(OCCC(C)C2CCN(c3nc(CN(C)C)no3)CC2)cc1. The molecule has 0 N–H and O–H groups in total. The molecule has 6 nitrogen and oxygen atoms in total. The van der Waals surface area contributed by atoms with E-state index in [9.17, 15) is 0 Å². The monoisotopic (exact) mass is 404 g/mol. The Kier molecular flexibility index (Phi) is 7.62. The zero-order valence-electron chi connectivity index (χ0n) is 17.4. The lowest BCUT2D eigenvalue weighted by atomic mass is 9.84. The van der Waals surface area contributed by atoms with E-state index in [1.54, 1.807) is 11.8 Å².